The molecule has 5 rings (SSSR count). The van der Waals surface area contributed by atoms with Crippen molar-refractivity contribution in [2.75, 3.05) is 13.2 Å². The van der Waals surface area contributed by atoms with Gasteiger partial charge in [-0.15, -0.1) is 0 Å². The Kier molecular flexibility index (Phi) is 7.04. The Morgan fingerprint density at radius 2 is 1.50 bits per heavy atom. The predicted molar refractivity (Wildman–Crippen MR) is 154 cm³/mol. The lowest BCUT2D eigenvalue weighted by atomic mass is 9.77. The molecule has 3 aromatic carbocycles. The second-order valence-electron chi connectivity index (χ2n) is 10.9. The average Bonchev–Trinajstić information content (AvgIpc) is 3.34. The zero-order valence-corrected chi connectivity index (χ0v) is 22.5. The van der Waals surface area contributed by atoms with E-state index < -0.39 is 24.4 Å². The fraction of sp³-hybridized carbons (Fsp3) is 0.281. The molecule has 5 nitrogen and oxygen atoms in total. The molecule has 0 atom stereocenters. The molecule has 6 heteroatoms. The predicted octanol–water partition coefficient (Wildman–Crippen LogP) is 6.88. The zero-order chi connectivity index (χ0) is 26.9. The van der Waals surface area contributed by atoms with Crippen LogP contribution in [0.1, 0.15) is 55.9 Å². The third-order valence-electron chi connectivity index (χ3n) is 7.83. The van der Waals surface area contributed by atoms with E-state index in [0.717, 1.165) is 16.6 Å². The normalized spacial score (nSPS) is 17.6. The summed E-state index contributed by atoms with van der Waals surface area (Å²) in [5.41, 5.74) is 6.56. The molecule has 3 aromatic rings. The van der Waals surface area contributed by atoms with E-state index in [1.807, 2.05) is 82.3 Å². The first kappa shape index (κ1) is 26.0. The number of rotatable bonds is 7. The third-order valence-corrected chi connectivity index (χ3v) is 7.83. The summed E-state index contributed by atoms with van der Waals surface area (Å²) in [7, 11) is -0.596. The Hall–Kier alpha value is -3.61. The van der Waals surface area contributed by atoms with Crippen LogP contribution in [0.2, 0.25) is 0 Å². The third kappa shape index (κ3) is 5.07. The average molecular weight is 507 g/mol. The summed E-state index contributed by atoms with van der Waals surface area (Å²) in [6.07, 6.45) is 3.33. The molecule has 0 saturated carbocycles. The minimum Gasteiger partial charge on any atom is -0.449 e. The van der Waals surface area contributed by atoms with Gasteiger partial charge in [-0.1, -0.05) is 85.5 Å². The molecule has 0 aromatic heterocycles. The number of hydrogen-bond donors (Lipinski definition) is 1. The van der Waals surface area contributed by atoms with Gasteiger partial charge < -0.3 is 19.4 Å². The molecule has 2 aliphatic rings. The largest absolute Gasteiger partial charge is 0.492 e. The van der Waals surface area contributed by atoms with E-state index in [0.29, 0.717) is 0 Å². The Morgan fingerprint density at radius 3 is 2.11 bits per heavy atom. The van der Waals surface area contributed by atoms with Crippen LogP contribution in [-0.4, -0.2) is 37.6 Å². The molecule has 1 aliphatic heterocycles. The van der Waals surface area contributed by atoms with Gasteiger partial charge in [0, 0.05) is 12.5 Å². The number of fused-ring (bicyclic) bond motifs is 3. The van der Waals surface area contributed by atoms with Gasteiger partial charge in [0.25, 0.3) is 0 Å². The number of alkyl carbamates (subject to hydrolysis) is 1. The zero-order valence-electron chi connectivity index (χ0n) is 22.5. The van der Waals surface area contributed by atoms with Crippen molar-refractivity contribution in [2.24, 2.45) is 0 Å². The van der Waals surface area contributed by atoms with Gasteiger partial charge in [0.2, 0.25) is 0 Å². The maximum absolute atomic E-state index is 12.9. The highest BCUT2D eigenvalue weighted by molar-refractivity contribution is 6.56. The molecule has 1 aliphatic carbocycles. The number of nitrogens with one attached hydrogen (secondary N) is 1. The van der Waals surface area contributed by atoms with Crippen LogP contribution in [0.5, 0.6) is 0 Å². The van der Waals surface area contributed by atoms with Crippen molar-refractivity contribution in [3.63, 3.8) is 0 Å². The molecule has 0 spiro atoms. The number of ether oxygens (including phenoxy) is 1. The van der Waals surface area contributed by atoms with Gasteiger partial charge in [0.05, 0.1) is 11.2 Å². The maximum atomic E-state index is 12.9. The SMILES string of the molecule is C=Cc1cccc(C=C(CNC(=O)OCC2c3ccccc3-c3ccccc32)B2OC(C)(C)C(C)(C)O2)c1. The monoisotopic (exact) mass is 507 g/mol. The van der Waals surface area contributed by atoms with Gasteiger partial charge >= 0.3 is 13.2 Å². The van der Waals surface area contributed by atoms with E-state index in [4.69, 9.17) is 14.0 Å². The summed E-state index contributed by atoms with van der Waals surface area (Å²) in [6, 6.07) is 24.6. The Morgan fingerprint density at radius 1 is 0.921 bits per heavy atom. The summed E-state index contributed by atoms with van der Waals surface area (Å²) in [4.78, 5) is 12.9. The molecular formula is C32H34BNO4. The van der Waals surface area contributed by atoms with Crippen LogP contribution in [0, 0.1) is 0 Å². The van der Waals surface area contributed by atoms with Crippen molar-refractivity contribution < 1.29 is 18.8 Å². The summed E-state index contributed by atoms with van der Waals surface area (Å²) >= 11 is 0. The van der Waals surface area contributed by atoms with Crippen molar-refractivity contribution >= 4 is 25.4 Å². The number of carbonyl (C=O) groups excluding carboxylic acids is 1. The number of carbonyl (C=O) groups is 1. The first-order chi connectivity index (χ1) is 18.2. The van der Waals surface area contributed by atoms with Crippen LogP contribution >= 0.6 is 0 Å². The van der Waals surface area contributed by atoms with Crippen molar-refractivity contribution in [1.29, 1.82) is 0 Å². The van der Waals surface area contributed by atoms with E-state index in [9.17, 15) is 4.79 Å². The van der Waals surface area contributed by atoms with Crippen molar-refractivity contribution in [3.8, 4) is 11.1 Å². The van der Waals surface area contributed by atoms with Gasteiger partial charge in [-0.2, -0.15) is 0 Å². The van der Waals surface area contributed by atoms with Gasteiger partial charge in [-0.25, -0.2) is 4.79 Å². The van der Waals surface area contributed by atoms with Crippen LogP contribution in [0.4, 0.5) is 4.79 Å². The van der Waals surface area contributed by atoms with Crippen molar-refractivity contribution in [2.45, 2.75) is 44.8 Å². The molecule has 1 amide bonds. The maximum Gasteiger partial charge on any atom is 0.492 e. The first-order valence-electron chi connectivity index (χ1n) is 13.1. The molecule has 38 heavy (non-hydrogen) atoms. The smallest absolute Gasteiger partial charge is 0.449 e. The second kappa shape index (κ2) is 10.3. The fourth-order valence-electron chi connectivity index (χ4n) is 5.01. The van der Waals surface area contributed by atoms with E-state index in [1.165, 1.54) is 22.3 Å². The second-order valence-corrected chi connectivity index (χ2v) is 10.9. The van der Waals surface area contributed by atoms with E-state index in [2.05, 4.69) is 36.2 Å². The Labute approximate surface area is 225 Å². The molecule has 0 radical (unpaired) electrons. The van der Waals surface area contributed by atoms with Crippen LogP contribution in [0.3, 0.4) is 0 Å². The lowest BCUT2D eigenvalue weighted by Gasteiger charge is -2.32. The number of hydrogen-bond acceptors (Lipinski definition) is 4. The highest BCUT2D eigenvalue weighted by atomic mass is 16.7. The van der Waals surface area contributed by atoms with Gasteiger partial charge in [0.1, 0.15) is 6.61 Å². The molecular weight excluding hydrogens is 473 g/mol. The summed E-state index contributed by atoms with van der Waals surface area (Å²) in [5, 5.41) is 2.93. The van der Waals surface area contributed by atoms with E-state index in [-0.39, 0.29) is 19.1 Å². The number of benzene rings is 3. The molecule has 0 unspecified atom stereocenters. The van der Waals surface area contributed by atoms with Crippen molar-refractivity contribution in [1.82, 2.24) is 5.32 Å². The summed E-state index contributed by atoms with van der Waals surface area (Å²) in [5.74, 6) is 0.00732. The molecule has 1 heterocycles. The van der Waals surface area contributed by atoms with Gasteiger partial charge in [-0.3, -0.25) is 0 Å². The fourth-order valence-corrected chi connectivity index (χ4v) is 5.01. The van der Waals surface area contributed by atoms with Crippen LogP contribution in [0.15, 0.2) is 84.8 Å². The van der Waals surface area contributed by atoms with Crippen LogP contribution in [0.25, 0.3) is 23.3 Å². The molecule has 1 N–H and O–H groups in total. The number of amides is 1. The van der Waals surface area contributed by atoms with Gasteiger partial charge in [0.15, 0.2) is 0 Å². The van der Waals surface area contributed by atoms with Crippen LogP contribution < -0.4 is 5.32 Å². The molecule has 194 valence electrons. The topological polar surface area (TPSA) is 56.8 Å². The minimum absolute atomic E-state index is 0.00732. The highest BCUT2D eigenvalue weighted by Gasteiger charge is 2.52. The first-order valence-corrected chi connectivity index (χ1v) is 13.1. The Bertz CT molecular complexity index is 1330. The lowest BCUT2D eigenvalue weighted by molar-refractivity contribution is 0.00578. The molecule has 1 fully saturated rings. The summed E-state index contributed by atoms with van der Waals surface area (Å²) in [6.45, 7) is 12.4. The highest BCUT2D eigenvalue weighted by Crippen LogP contribution is 2.44. The quantitative estimate of drug-likeness (QED) is 0.354. The lowest BCUT2D eigenvalue weighted by Crippen LogP contribution is -2.41. The summed E-state index contributed by atoms with van der Waals surface area (Å²) < 4.78 is 18.4. The molecule has 0 bridgehead atoms. The van der Waals surface area contributed by atoms with Crippen molar-refractivity contribution in [3.05, 3.63) is 107 Å². The minimum atomic E-state index is -0.596. The van der Waals surface area contributed by atoms with E-state index >= 15 is 0 Å². The molecule has 1 saturated heterocycles. The van der Waals surface area contributed by atoms with Gasteiger partial charge in [-0.05, 0) is 72.6 Å². The Balaban J connectivity index is 1.30. The standard InChI is InChI=1S/C32H34BNO4/c1-6-22-12-11-13-23(18-22)19-24(33-37-31(2,3)32(4,5)38-33)20-34-30(35)36-21-29-27-16-9-7-14-25(27)26-15-8-10-17-28(26)29/h6-19,29H,1,20-21H2,2-5H3,(H,34,35). The van der Waals surface area contributed by atoms with Crippen LogP contribution in [-0.2, 0) is 14.0 Å². The van der Waals surface area contributed by atoms with E-state index in [1.54, 1.807) is 6.08 Å².